The van der Waals surface area contributed by atoms with Crippen LogP contribution in [0.2, 0.25) is 0 Å². The van der Waals surface area contributed by atoms with Crippen LogP contribution in [0, 0.1) is 5.82 Å². The van der Waals surface area contributed by atoms with Gasteiger partial charge >= 0.3 is 0 Å². The fourth-order valence-corrected chi connectivity index (χ4v) is 1.42. The lowest BCUT2D eigenvalue weighted by atomic mass is 10.4. The molecule has 2 nitrogen and oxygen atoms in total. The van der Waals surface area contributed by atoms with Crippen molar-refractivity contribution in [3.05, 3.63) is 30.1 Å². The van der Waals surface area contributed by atoms with E-state index in [9.17, 15) is 8.96 Å². The van der Waals surface area contributed by atoms with Crippen molar-refractivity contribution < 1.29 is 13.8 Å². The highest BCUT2D eigenvalue weighted by Crippen LogP contribution is 2.33. The van der Waals surface area contributed by atoms with Gasteiger partial charge in [-0.2, -0.15) is 0 Å². The summed E-state index contributed by atoms with van der Waals surface area (Å²) in [6.45, 7) is 1.22. The summed E-state index contributed by atoms with van der Waals surface area (Å²) in [4.78, 5) is 9.01. The minimum absolute atomic E-state index is 0.277. The Kier molecular flexibility index (Phi) is 2.12. The molecular weight excluding hydrogens is 166 g/mol. The molecule has 0 aliphatic carbocycles. The SMILES string of the molecule is CP(=O)(O)c1ccc(F)cc1. The third-order valence-electron chi connectivity index (χ3n) is 1.31. The molecule has 1 atom stereocenters. The molecule has 0 heterocycles. The first kappa shape index (κ1) is 8.44. The number of hydrogen-bond acceptors (Lipinski definition) is 1. The maximum atomic E-state index is 12.3. The Balaban J connectivity index is 3.09. The fourth-order valence-electron chi connectivity index (χ4n) is 0.718. The van der Waals surface area contributed by atoms with Gasteiger partial charge in [-0.05, 0) is 24.3 Å². The Hall–Kier alpha value is -0.660. The van der Waals surface area contributed by atoms with Gasteiger partial charge in [0.25, 0.3) is 0 Å². The van der Waals surface area contributed by atoms with E-state index in [4.69, 9.17) is 4.89 Å². The Morgan fingerprint density at radius 1 is 1.36 bits per heavy atom. The first-order valence-corrected chi connectivity index (χ1v) is 5.17. The van der Waals surface area contributed by atoms with Crippen LogP contribution in [0.1, 0.15) is 0 Å². The van der Waals surface area contributed by atoms with Crippen molar-refractivity contribution in [2.24, 2.45) is 0 Å². The van der Waals surface area contributed by atoms with E-state index in [1.165, 1.54) is 30.9 Å². The van der Waals surface area contributed by atoms with Crippen LogP contribution in [0.4, 0.5) is 4.39 Å². The predicted molar refractivity (Wildman–Crippen MR) is 41.8 cm³/mol. The normalized spacial score (nSPS) is 15.9. The molecule has 0 aliphatic rings. The zero-order valence-corrected chi connectivity index (χ0v) is 6.88. The van der Waals surface area contributed by atoms with Crippen molar-refractivity contribution in [2.75, 3.05) is 6.66 Å². The molecule has 0 radical (unpaired) electrons. The Morgan fingerprint density at radius 3 is 2.18 bits per heavy atom. The molecule has 0 aromatic heterocycles. The molecule has 1 aromatic carbocycles. The van der Waals surface area contributed by atoms with Gasteiger partial charge in [-0.3, -0.25) is 4.57 Å². The first-order valence-electron chi connectivity index (χ1n) is 3.06. The molecule has 1 N–H and O–H groups in total. The van der Waals surface area contributed by atoms with Crippen LogP contribution < -0.4 is 5.30 Å². The summed E-state index contributed by atoms with van der Waals surface area (Å²) < 4.78 is 23.3. The topological polar surface area (TPSA) is 37.3 Å². The van der Waals surface area contributed by atoms with Crippen LogP contribution in [-0.4, -0.2) is 11.6 Å². The van der Waals surface area contributed by atoms with Crippen molar-refractivity contribution in [1.82, 2.24) is 0 Å². The maximum absolute atomic E-state index is 12.3. The first-order chi connectivity index (χ1) is 5.00. The monoisotopic (exact) mass is 174 g/mol. The average molecular weight is 174 g/mol. The van der Waals surface area contributed by atoms with E-state index >= 15 is 0 Å². The highest BCUT2D eigenvalue weighted by Gasteiger charge is 2.12. The van der Waals surface area contributed by atoms with Crippen LogP contribution in [0.3, 0.4) is 0 Å². The van der Waals surface area contributed by atoms with Gasteiger partial charge in [0.05, 0.1) is 0 Å². The number of hydrogen-bond donors (Lipinski definition) is 1. The van der Waals surface area contributed by atoms with Gasteiger partial charge in [0.1, 0.15) is 5.82 Å². The molecular formula is C7H8FO2P. The molecule has 0 fully saturated rings. The summed E-state index contributed by atoms with van der Waals surface area (Å²) in [6.07, 6.45) is 0. The second-order valence-electron chi connectivity index (χ2n) is 2.36. The van der Waals surface area contributed by atoms with Gasteiger partial charge < -0.3 is 4.89 Å². The molecule has 1 unspecified atom stereocenters. The van der Waals surface area contributed by atoms with Gasteiger partial charge in [0.15, 0.2) is 0 Å². The number of halogens is 1. The minimum Gasteiger partial charge on any atom is -0.341 e. The van der Waals surface area contributed by atoms with E-state index in [0.29, 0.717) is 0 Å². The van der Waals surface area contributed by atoms with Crippen molar-refractivity contribution in [3.8, 4) is 0 Å². The third kappa shape index (κ3) is 2.14. The standard InChI is InChI=1S/C7H8FO2P/c1-11(9,10)7-4-2-6(8)3-5-7/h2-5H,1H3,(H,9,10). The zero-order valence-electron chi connectivity index (χ0n) is 5.99. The van der Waals surface area contributed by atoms with Crippen LogP contribution in [-0.2, 0) is 4.57 Å². The Bertz CT molecular complexity index is 288. The molecule has 0 aliphatic heterocycles. The summed E-state index contributed by atoms with van der Waals surface area (Å²) in [7, 11) is -3.20. The lowest BCUT2D eigenvalue weighted by Crippen LogP contribution is -2.01. The van der Waals surface area contributed by atoms with Crippen LogP contribution in [0.25, 0.3) is 0 Å². The molecule has 1 aromatic rings. The summed E-state index contributed by atoms with van der Waals surface area (Å²) >= 11 is 0. The molecule has 60 valence electrons. The lowest BCUT2D eigenvalue weighted by Gasteiger charge is -2.03. The van der Waals surface area contributed by atoms with E-state index in [1.54, 1.807) is 0 Å². The summed E-state index contributed by atoms with van der Waals surface area (Å²) in [5, 5.41) is 0.277. The predicted octanol–water partition coefficient (Wildman–Crippen LogP) is 1.35. The third-order valence-corrected chi connectivity index (χ3v) is 2.56. The molecule has 4 heteroatoms. The summed E-state index contributed by atoms with van der Waals surface area (Å²) in [5.41, 5.74) is 0. The van der Waals surface area contributed by atoms with Gasteiger partial charge in [0.2, 0.25) is 7.37 Å². The van der Waals surface area contributed by atoms with Crippen molar-refractivity contribution in [3.63, 3.8) is 0 Å². The average Bonchev–Trinajstić information content (AvgIpc) is 1.86. The van der Waals surface area contributed by atoms with Gasteiger partial charge in [0, 0.05) is 12.0 Å². The molecule has 0 saturated heterocycles. The molecule has 0 amide bonds. The van der Waals surface area contributed by atoms with Crippen LogP contribution in [0.15, 0.2) is 24.3 Å². The van der Waals surface area contributed by atoms with Crippen molar-refractivity contribution in [2.45, 2.75) is 0 Å². The largest absolute Gasteiger partial charge is 0.341 e. The van der Waals surface area contributed by atoms with E-state index in [2.05, 4.69) is 0 Å². The summed E-state index contributed by atoms with van der Waals surface area (Å²) in [6, 6.07) is 4.97. The van der Waals surface area contributed by atoms with Crippen LogP contribution >= 0.6 is 7.37 Å². The molecule has 11 heavy (non-hydrogen) atoms. The lowest BCUT2D eigenvalue weighted by molar-refractivity contribution is 0.496. The highest BCUT2D eigenvalue weighted by atomic mass is 31.2. The van der Waals surface area contributed by atoms with Gasteiger partial charge in [-0.25, -0.2) is 4.39 Å². The maximum Gasteiger partial charge on any atom is 0.226 e. The summed E-state index contributed by atoms with van der Waals surface area (Å²) in [5.74, 6) is -0.401. The van der Waals surface area contributed by atoms with Crippen molar-refractivity contribution >= 4 is 12.7 Å². The van der Waals surface area contributed by atoms with E-state index in [1.807, 2.05) is 0 Å². The highest BCUT2D eigenvalue weighted by molar-refractivity contribution is 7.65. The Labute approximate surface area is 64.1 Å². The van der Waals surface area contributed by atoms with Gasteiger partial charge in [-0.1, -0.05) is 0 Å². The quantitative estimate of drug-likeness (QED) is 0.652. The second-order valence-corrected chi connectivity index (χ2v) is 4.63. The fraction of sp³-hybridized carbons (Fsp3) is 0.143. The minimum atomic E-state index is -3.20. The molecule has 1 rings (SSSR count). The number of rotatable bonds is 1. The van der Waals surface area contributed by atoms with E-state index in [-0.39, 0.29) is 5.30 Å². The van der Waals surface area contributed by atoms with Crippen molar-refractivity contribution in [1.29, 1.82) is 0 Å². The molecule has 0 spiro atoms. The van der Waals surface area contributed by atoms with Crippen LogP contribution in [0.5, 0.6) is 0 Å². The molecule has 0 saturated carbocycles. The van der Waals surface area contributed by atoms with E-state index < -0.39 is 13.2 Å². The second kappa shape index (κ2) is 2.76. The molecule has 0 bridgehead atoms. The number of benzene rings is 1. The zero-order chi connectivity index (χ0) is 8.48. The van der Waals surface area contributed by atoms with Gasteiger partial charge in [-0.15, -0.1) is 0 Å². The van der Waals surface area contributed by atoms with E-state index in [0.717, 1.165) is 0 Å². The Morgan fingerprint density at radius 2 is 1.82 bits per heavy atom. The smallest absolute Gasteiger partial charge is 0.226 e.